The van der Waals surface area contributed by atoms with Crippen LogP contribution in [0, 0.1) is 26.9 Å². The summed E-state index contributed by atoms with van der Waals surface area (Å²) in [5.41, 5.74) is 17.9. The van der Waals surface area contributed by atoms with Crippen LogP contribution in [0.15, 0.2) is 0 Å². The fourth-order valence-electron chi connectivity index (χ4n) is 0. The third-order valence-electron chi connectivity index (χ3n) is 0. The molecule has 0 aromatic heterocycles. The van der Waals surface area contributed by atoms with E-state index in [4.69, 9.17) is 21.5 Å². The van der Waals surface area contributed by atoms with Gasteiger partial charge in [-0.1, -0.05) is 12.6 Å². The first-order chi connectivity index (χ1) is 6.29. The van der Waals surface area contributed by atoms with Crippen molar-refractivity contribution in [3.05, 3.63) is 0 Å². The third-order valence-corrected chi connectivity index (χ3v) is 0. The highest BCUT2D eigenvalue weighted by atomic mass is 32.1. The van der Waals surface area contributed by atoms with Crippen molar-refractivity contribution in [2.24, 2.45) is 22.9 Å². The van der Waals surface area contributed by atoms with Crippen molar-refractivity contribution in [3.63, 3.8) is 0 Å². The molecule has 0 saturated heterocycles. The number of nitrogens with one attached hydrogen (secondary N) is 3. The molecule has 0 fully saturated rings. The van der Waals surface area contributed by atoms with E-state index >= 15 is 0 Å². The van der Waals surface area contributed by atoms with Gasteiger partial charge in [0, 0.05) is 0 Å². The van der Waals surface area contributed by atoms with Crippen LogP contribution in [0.3, 0.4) is 0 Å². The highest BCUT2D eigenvalue weighted by Crippen LogP contribution is 1.46. The molecular formula is C4H12N8S2. The molecule has 0 rings (SSSR count). The second-order valence-electron chi connectivity index (χ2n) is 1.11. The Hall–Kier alpha value is -1.82. The molecule has 14 heavy (non-hydrogen) atoms. The first-order valence-corrected chi connectivity index (χ1v) is 3.41. The minimum absolute atomic E-state index is 0.333. The molecule has 11 N–H and O–H groups in total. The van der Waals surface area contributed by atoms with Crippen LogP contribution < -0.4 is 22.9 Å². The standard InChI is InChI=1S/2CH5N3.2CHNS/c2*2-1(3)4;2*2-1-3/h2*(H5,2,3,4);3H;2H. The van der Waals surface area contributed by atoms with Gasteiger partial charge in [-0.2, -0.15) is 5.26 Å². The van der Waals surface area contributed by atoms with Crippen LogP contribution in [-0.4, -0.2) is 17.1 Å². The Labute approximate surface area is 92.2 Å². The predicted molar refractivity (Wildman–Crippen MR) is 62.1 cm³/mol. The van der Waals surface area contributed by atoms with E-state index in [2.05, 4.69) is 47.8 Å². The van der Waals surface area contributed by atoms with E-state index in [1.165, 1.54) is 5.40 Å². The summed E-state index contributed by atoms with van der Waals surface area (Å²) in [5, 5.41) is 28.1. The number of hydrogen-bond acceptors (Lipinski definition) is 6. The van der Waals surface area contributed by atoms with Gasteiger partial charge in [-0.25, -0.2) is 5.41 Å². The monoisotopic (exact) mass is 236 g/mol. The van der Waals surface area contributed by atoms with Crippen LogP contribution in [0.1, 0.15) is 0 Å². The van der Waals surface area contributed by atoms with Crippen LogP contribution in [0.4, 0.5) is 0 Å². The van der Waals surface area contributed by atoms with Gasteiger partial charge in [0.15, 0.2) is 11.9 Å². The minimum atomic E-state index is -0.333. The Kier molecular flexibility index (Phi) is 49.3. The predicted octanol–water partition coefficient (Wildman–Crippen LogP) is -1.26. The molecule has 0 spiro atoms. The summed E-state index contributed by atoms with van der Waals surface area (Å²) in [4.78, 5) is 0. The van der Waals surface area contributed by atoms with E-state index in [1.54, 1.807) is 5.16 Å². The van der Waals surface area contributed by atoms with Crippen LogP contribution in [-0.2, 0) is 0 Å². The SMILES string of the molecule is N#CS.N=C(N)N.N=C(N)N.N=C=S. The van der Waals surface area contributed by atoms with Crippen molar-refractivity contribution in [3.8, 4) is 5.40 Å². The van der Waals surface area contributed by atoms with Gasteiger partial charge in [-0.05, 0) is 12.2 Å². The summed E-state index contributed by atoms with van der Waals surface area (Å²) in [6.07, 6.45) is 0. The number of nitrogens with two attached hydrogens (primary N) is 4. The van der Waals surface area contributed by atoms with E-state index in [1.807, 2.05) is 0 Å². The lowest BCUT2D eigenvalue weighted by atomic mass is 11.1. The topological polar surface area (TPSA) is 199 Å². The molecule has 0 aliphatic rings. The van der Waals surface area contributed by atoms with Gasteiger partial charge in [-0.15, -0.1) is 0 Å². The van der Waals surface area contributed by atoms with Crippen LogP contribution >= 0.6 is 24.8 Å². The molecule has 0 bridgehead atoms. The van der Waals surface area contributed by atoms with Crippen molar-refractivity contribution >= 4 is 41.9 Å². The maximum Gasteiger partial charge on any atom is 0.183 e. The number of thiol groups is 1. The zero-order valence-electron chi connectivity index (χ0n) is 7.11. The molecule has 10 heteroatoms. The van der Waals surface area contributed by atoms with Gasteiger partial charge in [0.25, 0.3) is 0 Å². The lowest BCUT2D eigenvalue weighted by molar-refractivity contribution is 1.38. The highest BCUT2D eigenvalue weighted by Gasteiger charge is 1.52. The first kappa shape index (κ1) is 22.8. The van der Waals surface area contributed by atoms with E-state index in [-0.39, 0.29) is 11.9 Å². The number of hydrogen-bond donors (Lipinski definition) is 8. The molecule has 0 radical (unpaired) electrons. The maximum absolute atomic E-state index is 7.18. The van der Waals surface area contributed by atoms with Gasteiger partial charge >= 0.3 is 0 Å². The number of rotatable bonds is 0. The fourth-order valence-corrected chi connectivity index (χ4v) is 0. The van der Waals surface area contributed by atoms with Crippen molar-refractivity contribution in [2.75, 3.05) is 0 Å². The number of thiocarbonyl (C=S) groups is 1. The molecule has 0 aromatic rings. The Morgan fingerprint density at radius 1 is 1.14 bits per heavy atom. The van der Waals surface area contributed by atoms with Gasteiger partial charge < -0.3 is 22.9 Å². The number of thiocyanates is 1. The molecule has 0 aliphatic carbocycles. The van der Waals surface area contributed by atoms with E-state index in [0.29, 0.717) is 0 Å². The Balaban J connectivity index is -0.0000000482. The normalized spacial score (nSPS) is 4.57. The molecule has 80 valence electrons. The van der Waals surface area contributed by atoms with Gasteiger partial charge in [0.2, 0.25) is 0 Å². The van der Waals surface area contributed by atoms with Crippen molar-refractivity contribution < 1.29 is 0 Å². The lowest BCUT2D eigenvalue weighted by Gasteiger charge is -1.69. The average molecular weight is 236 g/mol. The Morgan fingerprint density at radius 3 is 1.14 bits per heavy atom. The summed E-state index contributed by atoms with van der Waals surface area (Å²) in [6, 6.07) is 0. The van der Waals surface area contributed by atoms with Gasteiger partial charge in [0.05, 0.1) is 5.16 Å². The molecular weight excluding hydrogens is 224 g/mol. The van der Waals surface area contributed by atoms with Crippen molar-refractivity contribution in [2.45, 2.75) is 0 Å². The number of nitrogens with zero attached hydrogens (tertiary/aromatic N) is 1. The van der Waals surface area contributed by atoms with Crippen LogP contribution in [0.2, 0.25) is 0 Å². The lowest BCUT2D eigenvalue weighted by Crippen LogP contribution is -2.20. The molecule has 0 aromatic carbocycles. The van der Waals surface area contributed by atoms with Crippen LogP contribution in [0.5, 0.6) is 0 Å². The summed E-state index contributed by atoms with van der Waals surface area (Å²) in [5.74, 6) is -0.667. The Bertz CT molecular complexity index is 192. The van der Waals surface area contributed by atoms with Gasteiger partial charge in [-0.3, -0.25) is 10.8 Å². The van der Waals surface area contributed by atoms with Crippen molar-refractivity contribution in [1.82, 2.24) is 0 Å². The average Bonchev–Trinajstić information content (AvgIpc) is 1.85. The maximum atomic E-state index is 7.18. The van der Waals surface area contributed by atoms with Gasteiger partial charge in [0.1, 0.15) is 5.40 Å². The minimum Gasteiger partial charge on any atom is -0.370 e. The first-order valence-electron chi connectivity index (χ1n) is 2.56. The summed E-state index contributed by atoms with van der Waals surface area (Å²) in [6.45, 7) is 0. The molecule has 0 atom stereocenters. The number of nitriles is 1. The molecule has 0 heterocycles. The largest absolute Gasteiger partial charge is 0.370 e. The van der Waals surface area contributed by atoms with Crippen LogP contribution in [0.25, 0.3) is 0 Å². The summed E-state index contributed by atoms with van der Waals surface area (Å²) >= 11 is 6.90. The summed E-state index contributed by atoms with van der Waals surface area (Å²) < 4.78 is 0. The zero-order valence-corrected chi connectivity index (χ0v) is 8.82. The van der Waals surface area contributed by atoms with E-state index in [0.717, 1.165) is 0 Å². The third kappa shape index (κ3) is 259. The molecule has 8 nitrogen and oxygen atoms in total. The fraction of sp³-hybridized carbons (Fsp3) is 0. The second-order valence-corrected chi connectivity index (χ2v) is 1.52. The van der Waals surface area contributed by atoms with E-state index < -0.39 is 0 Å². The second kappa shape index (κ2) is 30.3. The van der Waals surface area contributed by atoms with Crippen molar-refractivity contribution in [1.29, 1.82) is 21.5 Å². The summed E-state index contributed by atoms with van der Waals surface area (Å²) in [7, 11) is 0. The number of guanidine groups is 2. The molecule has 0 aliphatic heterocycles. The molecule has 0 amide bonds. The highest BCUT2D eigenvalue weighted by molar-refractivity contribution is 7.85. The van der Waals surface area contributed by atoms with E-state index in [9.17, 15) is 0 Å². The molecule has 0 unspecified atom stereocenters. The number of isothiocyanates is 1. The zero-order chi connectivity index (χ0) is 12.6. The quantitative estimate of drug-likeness (QED) is 0.0847. The molecule has 0 saturated carbocycles. The Morgan fingerprint density at radius 2 is 1.14 bits per heavy atom. The smallest absolute Gasteiger partial charge is 0.183 e.